The number of nitrogens with zero attached hydrogens (tertiary/aromatic N) is 1. The van der Waals surface area contributed by atoms with E-state index in [0.29, 0.717) is 5.69 Å². The lowest BCUT2D eigenvalue weighted by molar-refractivity contribution is -0.135. The molecule has 0 aliphatic rings. The first-order chi connectivity index (χ1) is 12.3. The van der Waals surface area contributed by atoms with Gasteiger partial charge in [0, 0.05) is 12.7 Å². The van der Waals surface area contributed by atoms with Crippen molar-refractivity contribution >= 4 is 29.1 Å². The van der Waals surface area contributed by atoms with E-state index in [0.717, 1.165) is 17.2 Å². The molecule has 0 heterocycles. The molecule has 138 valence electrons. The molecule has 1 N–H and O–H groups in total. The number of nitrogens with one attached hydrogen (secondary N) is 1. The van der Waals surface area contributed by atoms with Gasteiger partial charge in [-0.2, -0.15) is 0 Å². The molecular formula is C19H20ClFN2O3. The molecular weight excluding hydrogens is 359 g/mol. The molecule has 0 spiro atoms. The maximum Gasteiger partial charge on any atom is 0.260 e. The van der Waals surface area contributed by atoms with Gasteiger partial charge in [-0.1, -0.05) is 23.7 Å². The minimum atomic E-state index is -0.492. The van der Waals surface area contributed by atoms with E-state index < -0.39 is 11.7 Å². The molecule has 0 aromatic heterocycles. The number of halogens is 2. The number of hydrogen-bond donors (Lipinski definition) is 1. The molecule has 0 saturated heterocycles. The van der Waals surface area contributed by atoms with Crippen LogP contribution in [0.25, 0.3) is 0 Å². The van der Waals surface area contributed by atoms with Gasteiger partial charge in [-0.25, -0.2) is 4.39 Å². The molecule has 0 saturated carbocycles. The summed E-state index contributed by atoms with van der Waals surface area (Å²) < 4.78 is 18.3. The highest BCUT2D eigenvalue weighted by atomic mass is 35.5. The normalized spacial score (nSPS) is 10.3. The van der Waals surface area contributed by atoms with Crippen LogP contribution >= 0.6 is 11.6 Å². The van der Waals surface area contributed by atoms with E-state index >= 15 is 0 Å². The van der Waals surface area contributed by atoms with Crippen LogP contribution in [-0.4, -0.2) is 36.9 Å². The molecule has 26 heavy (non-hydrogen) atoms. The van der Waals surface area contributed by atoms with Crippen molar-refractivity contribution in [1.29, 1.82) is 0 Å². The zero-order chi connectivity index (χ0) is 19.3. The fourth-order valence-corrected chi connectivity index (χ4v) is 2.43. The van der Waals surface area contributed by atoms with Gasteiger partial charge in [-0.15, -0.1) is 0 Å². The van der Waals surface area contributed by atoms with Gasteiger partial charge < -0.3 is 15.0 Å². The van der Waals surface area contributed by atoms with Crippen molar-refractivity contribution in [2.24, 2.45) is 0 Å². The summed E-state index contributed by atoms with van der Waals surface area (Å²) in [5.74, 6) is -1.00. The van der Waals surface area contributed by atoms with Gasteiger partial charge in [0.15, 0.2) is 6.61 Å². The second kappa shape index (κ2) is 8.67. The fraction of sp³-hybridized carbons (Fsp3) is 0.263. The summed E-state index contributed by atoms with van der Waals surface area (Å²) in [6.07, 6.45) is 0. The molecule has 2 amide bonds. The Morgan fingerprint density at radius 3 is 2.62 bits per heavy atom. The second-order valence-corrected chi connectivity index (χ2v) is 6.39. The molecule has 0 atom stereocenters. The maximum absolute atomic E-state index is 13.0. The number of amides is 2. The van der Waals surface area contributed by atoms with Crippen LogP contribution in [-0.2, 0) is 9.59 Å². The Balaban J connectivity index is 1.87. The predicted molar refractivity (Wildman–Crippen MR) is 99.1 cm³/mol. The standard InChI is InChI=1S/C19H20ClFN2O3/c1-12-4-5-13(2)16(8-12)22-18(24)10-23(3)19(25)11-26-17-7-6-14(21)9-15(17)20/h4-9H,10-11H2,1-3H3,(H,22,24). The number of carbonyl (C=O) groups is 2. The second-order valence-electron chi connectivity index (χ2n) is 5.98. The van der Waals surface area contributed by atoms with Crippen LogP contribution < -0.4 is 10.1 Å². The quantitative estimate of drug-likeness (QED) is 0.836. The topological polar surface area (TPSA) is 58.6 Å². The lowest BCUT2D eigenvalue weighted by atomic mass is 10.1. The number of ether oxygens (including phenoxy) is 1. The molecule has 0 aliphatic carbocycles. The largest absolute Gasteiger partial charge is 0.482 e. The summed E-state index contributed by atoms with van der Waals surface area (Å²) >= 11 is 5.84. The van der Waals surface area contributed by atoms with E-state index in [1.165, 1.54) is 24.1 Å². The molecule has 0 radical (unpaired) electrons. The van der Waals surface area contributed by atoms with Crippen LogP contribution in [0.4, 0.5) is 10.1 Å². The Labute approximate surface area is 156 Å². The van der Waals surface area contributed by atoms with E-state index in [2.05, 4.69) is 5.32 Å². The third-order valence-corrected chi connectivity index (χ3v) is 4.01. The van der Waals surface area contributed by atoms with Crippen molar-refractivity contribution in [2.45, 2.75) is 13.8 Å². The van der Waals surface area contributed by atoms with Crippen LogP contribution in [0.3, 0.4) is 0 Å². The Hall–Kier alpha value is -2.60. The number of carbonyl (C=O) groups excluding carboxylic acids is 2. The Morgan fingerprint density at radius 2 is 1.92 bits per heavy atom. The van der Waals surface area contributed by atoms with Gasteiger partial charge in [-0.05, 0) is 49.2 Å². The molecule has 0 aliphatic heterocycles. The minimum absolute atomic E-state index is 0.0770. The molecule has 0 bridgehead atoms. The Bertz CT molecular complexity index is 826. The number of anilines is 1. The molecule has 5 nitrogen and oxygen atoms in total. The monoisotopic (exact) mass is 378 g/mol. The highest BCUT2D eigenvalue weighted by Gasteiger charge is 2.15. The van der Waals surface area contributed by atoms with Crippen LogP contribution in [0.5, 0.6) is 5.75 Å². The summed E-state index contributed by atoms with van der Waals surface area (Å²) in [6.45, 7) is 3.40. The predicted octanol–water partition coefficient (Wildman–Crippen LogP) is 3.57. The Morgan fingerprint density at radius 1 is 1.19 bits per heavy atom. The number of likely N-dealkylation sites (N-methyl/N-ethyl adjacent to an activating group) is 1. The van der Waals surface area contributed by atoms with Crippen molar-refractivity contribution in [3.63, 3.8) is 0 Å². The average molecular weight is 379 g/mol. The van der Waals surface area contributed by atoms with Crippen molar-refractivity contribution < 1.29 is 18.7 Å². The zero-order valence-electron chi connectivity index (χ0n) is 14.8. The molecule has 2 rings (SSSR count). The van der Waals surface area contributed by atoms with E-state index in [-0.39, 0.29) is 29.8 Å². The van der Waals surface area contributed by atoms with Crippen molar-refractivity contribution in [3.05, 3.63) is 58.4 Å². The number of benzene rings is 2. The minimum Gasteiger partial charge on any atom is -0.482 e. The highest BCUT2D eigenvalue weighted by Crippen LogP contribution is 2.24. The average Bonchev–Trinajstić information content (AvgIpc) is 2.57. The first-order valence-corrected chi connectivity index (χ1v) is 8.33. The van der Waals surface area contributed by atoms with E-state index in [9.17, 15) is 14.0 Å². The summed E-state index contributed by atoms with van der Waals surface area (Å²) in [5.41, 5.74) is 2.68. The summed E-state index contributed by atoms with van der Waals surface area (Å²) in [7, 11) is 1.50. The SMILES string of the molecule is Cc1ccc(C)c(NC(=O)CN(C)C(=O)COc2ccc(F)cc2Cl)c1. The van der Waals surface area contributed by atoms with E-state index in [4.69, 9.17) is 16.3 Å². The smallest absolute Gasteiger partial charge is 0.260 e. The van der Waals surface area contributed by atoms with Crippen LogP contribution in [0.1, 0.15) is 11.1 Å². The Kier molecular flexibility index (Phi) is 6.58. The first kappa shape index (κ1) is 19.7. The zero-order valence-corrected chi connectivity index (χ0v) is 15.6. The van der Waals surface area contributed by atoms with Crippen molar-refractivity contribution in [3.8, 4) is 5.75 Å². The van der Waals surface area contributed by atoms with Crippen molar-refractivity contribution in [2.75, 3.05) is 25.5 Å². The van der Waals surface area contributed by atoms with Gasteiger partial charge in [0.1, 0.15) is 11.6 Å². The lowest BCUT2D eigenvalue weighted by Crippen LogP contribution is -2.37. The summed E-state index contributed by atoms with van der Waals surface area (Å²) in [4.78, 5) is 25.5. The summed E-state index contributed by atoms with van der Waals surface area (Å²) in [5, 5.41) is 2.87. The lowest BCUT2D eigenvalue weighted by Gasteiger charge is -2.18. The first-order valence-electron chi connectivity index (χ1n) is 7.95. The third-order valence-electron chi connectivity index (χ3n) is 3.72. The van der Waals surface area contributed by atoms with Gasteiger partial charge in [-0.3, -0.25) is 9.59 Å². The van der Waals surface area contributed by atoms with Gasteiger partial charge in [0.05, 0.1) is 11.6 Å². The molecule has 2 aromatic rings. The van der Waals surface area contributed by atoms with Gasteiger partial charge in [0.25, 0.3) is 5.91 Å². The van der Waals surface area contributed by atoms with Gasteiger partial charge in [0.2, 0.25) is 5.91 Å². The third kappa shape index (κ3) is 5.46. The number of hydrogen-bond acceptors (Lipinski definition) is 3. The van der Waals surface area contributed by atoms with Crippen LogP contribution in [0, 0.1) is 19.7 Å². The van der Waals surface area contributed by atoms with Gasteiger partial charge >= 0.3 is 0 Å². The van der Waals surface area contributed by atoms with Crippen LogP contribution in [0.2, 0.25) is 5.02 Å². The van der Waals surface area contributed by atoms with Crippen molar-refractivity contribution in [1.82, 2.24) is 4.90 Å². The summed E-state index contributed by atoms with van der Waals surface area (Å²) in [6, 6.07) is 9.38. The molecule has 0 unspecified atom stereocenters. The number of aryl methyl sites for hydroxylation is 2. The molecule has 7 heteroatoms. The molecule has 2 aromatic carbocycles. The number of rotatable bonds is 6. The molecule has 0 fully saturated rings. The van der Waals surface area contributed by atoms with Crippen LogP contribution in [0.15, 0.2) is 36.4 Å². The van der Waals surface area contributed by atoms with E-state index in [1.54, 1.807) is 0 Å². The fourth-order valence-electron chi connectivity index (χ4n) is 2.21. The maximum atomic E-state index is 13.0. The van der Waals surface area contributed by atoms with E-state index in [1.807, 2.05) is 32.0 Å². The highest BCUT2D eigenvalue weighted by molar-refractivity contribution is 6.32.